The highest BCUT2D eigenvalue weighted by atomic mass is 28.2. The minimum Gasteiger partial charge on any atom is -0.463 e. The Morgan fingerprint density at radius 2 is 2.00 bits per heavy atom. The second-order valence-corrected chi connectivity index (χ2v) is 5.22. The first-order valence-corrected chi connectivity index (χ1v) is 7.06. The van der Waals surface area contributed by atoms with E-state index in [2.05, 4.69) is 6.58 Å². The fourth-order valence-electron chi connectivity index (χ4n) is 1.16. The number of carbonyl (C=O) groups excluding carboxylic acids is 1. The summed E-state index contributed by atoms with van der Waals surface area (Å²) >= 11 is 0. The van der Waals surface area contributed by atoms with E-state index < -0.39 is 21.5 Å². The lowest BCUT2D eigenvalue weighted by Crippen LogP contribution is -2.03. The number of rotatable bonds is 9. The van der Waals surface area contributed by atoms with Crippen molar-refractivity contribution in [1.82, 2.24) is 0 Å². The lowest BCUT2D eigenvalue weighted by atomic mass is 10.2. The fourth-order valence-corrected chi connectivity index (χ4v) is 2.11. The summed E-state index contributed by atoms with van der Waals surface area (Å²) < 4.78 is 28.3. The minimum absolute atomic E-state index is 0.400. The average Bonchev–Trinajstić information content (AvgIpc) is 2.21. The molecule has 0 aromatic rings. The third-order valence-electron chi connectivity index (χ3n) is 1.98. The zero-order valence-corrected chi connectivity index (χ0v) is 10.3. The molecule has 0 aliphatic rings. The Morgan fingerprint density at radius 3 is 2.60 bits per heavy atom. The molecule has 0 radical (unpaired) electrons. The molecule has 0 aliphatic heterocycles. The van der Waals surface area contributed by atoms with Gasteiger partial charge in [-0.15, -0.1) is 0 Å². The van der Waals surface area contributed by atoms with E-state index in [1.165, 1.54) is 0 Å². The monoisotopic (exact) mass is 236 g/mol. The molecular weight excluding hydrogens is 218 g/mol. The van der Waals surface area contributed by atoms with Crippen molar-refractivity contribution in [2.45, 2.75) is 37.8 Å². The zero-order chi connectivity index (χ0) is 11.5. The lowest BCUT2D eigenvalue weighted by molar-refractivity contribution is -0.137. The van der Waals surface area contributed by atoms with Crippen LogP contribution in [0.5, 0.6) is 0 Å². The molecule has 0 aromatic carbocycles. The first kappa shape index (κ1) is 14.3. The predicted molar refractivity (Wildman–Crippen MR) is 59.0 cm³/mol. The Hall–Kier alpha value is -0.713. The molecule has 0 fully saturated rings. The summed E-state index contributed by atoms with van der Waals surface area (Å²) in [6.07, 6.45) is 4.70. The van der Waals surface area contributed by atoms with Crippen LogP contribution in [0.2, 0.25) is 6.04 Å². The molecule has 0 saturated carbocycles. The number of carbonyl (C=O) groups is 1. The Morgan fingerprint density at radius 1 is 1.33 bits per heavy atom. The van der Waals surface area contributed by atoms with E-state index in [0.717, 1.165) is 31.8 Å². The number of hydrogen-bond donors (Lipinski definition) is 0. The topological polar surface area (TPSA) is 26.3 Å². The van der Waals surface area contributed by atoms with Gasteiger partial charge in [-0.25, -0.2) is 13.6 Å². The normalized spacial score (nSPS) is 11.1. The van der Waals surface area contributed by atoms with Gasteiger partial charge >= 0.3 is 5.97 Å². The van der Waals surface area contributed by atoms with Gasteiger partial charge in [0.05, 0.1) is 6.61 Å². The molecule has 88 valence electrons. The van der Waals surface area contributed by atoms with Gasteiger partial charge in [0.15, 0.2) is 0 Å². The van der Waals surface area contributed by atoms with Crippen molar-refractivity contribution in [2.75, 3.05) is 6.61 Å². The van der Waals surface area contributed by atoms with E-state index in [9.17, 15) is 13.6 Å². The van der Waals surface area contributed by atoms with E-state index in [0.29, 0.717) is 12.7 Å². The highest BCUT2D eigenvalue weighted by Crippen LogP contribution is 2.05. The molecule has 15 heavy (non-hydrogen) atoms. The van der Waals surface area contributed by atoms with Crippen molar-refractivity contribution in [3.05, 3.63) is 12.7 Å². The molecule has 0 rings (SSSR count). The predicted octanol–water partition coefficient (Wildman–Crippen LogP) is 2.09. The first-order valence-electron chi connectivity index (χ1n) is 5.24. The van der Waals surface area contributed by atoms with Crippen molar-refractivity contribution in [2.24, 2.45) is 0 Å². The third-order valence-corrected chi connectivity index (χ3v) is 3.32. The molecule has 0 aromatic heterocycles. The molecule has 2 nitrogen and oxygen atoms in total. The van der Waals surface area contributed by atoms with E-state index in [-0.39, 0.29) is 0 Å². The van der Waals surface area contributed by atoms with Gasteiger partial charge in [-0.3, -0.25) is 0 Å². The number of hydrogen-bond acceptors (Lipinski definition) is 2. The highest BCUT2D eigenvalue weighted by Gasteiger charge is 2.02. The summed E-state index contributed by atoms with van der Waals surface area (Å²) in [6.45, 7) is 3.68. The van der Waals surface area contributed by atoms with Gasteiger partial charge in [0, 0.05) is 6.08 Å². The summed E-state index contributed by atoms with van der Waals surface area (Å²) in [5.74, 6) is -0.403. The van der Waals surface area contributed by atoms with Gasteiger partial charge < -0.3 is 4.74 Å². The third kappa shape index (κ3) is 11.2. The average molecular weight is 236 g/mol. The van der Waals surface area contributed by atoms with E-state index >= 15 is 0 Å². The lowest BCUT2D eigenvalue weighted by Gasteiger charge is -2.02. The molecule has 0 aliphatic carbocycles. The molecule has 0 bridgehead atoms. The number of unbranched alkanes of at least 4 members (excludes halogenated alkanes) is 3. The van der Waals surface area contributed by atoms with Crippen LogP contribution in [-0.2, 0) is 9.53 Å². The van der Waals surface area contributed by atoms with Crippen molar-refractivity contribution in [1.29, 1.82) is 0 Å². The van der Waals surface area contributed by atoms with Crippen molar-refractivity contribution >= 4 is 15.5 Å². The largest absolute Gasteiger partial charge is 0.463 e. The van der Waals surface area contributed by atoms with Crippen LogP contribution in [0.25, 0.3) is 0 Å². The molecule has 0 spiro atoms. The summed E-state index contributed by atoms with van der Waals surface area (Å²) in [6, 6.07) is -1.33. The SMILES string of the molecule is C=CC(=O)OCCCCCC[SiH2]C(F)F. The van der Waals surface area contributed by atoms with Crippen LogP contribution < -0.4 is 0 Å². The number of alkyl halides is 2. The van der Waals surface area contributed by atoms with Crippen LogP contribution in [0, 0.1) is 0 Å². The maximum atomic E-state index is 11.8. The number of esters is 1. The molecule has 0 N–H and O–H groups in total. The Bertz CT molecular complexity index is 186. The van der Waals surface area contributed by atoms with Crippen LogP contribution in [-0.4, -0.2) is 28.1 Å². The van der Waals surface area contributed by atoms with Crippen molar-refractivity contribution < 1.29 is 18.3 Å². The molecule has 0 saturated heterocycles. The zero-order valence-electron chi connectivity index (χ0n) is 8.88. The summed E-state index contributed by atoms with van der Waals surface area (Å²) in [7, 11) is -1.14. The second kappa shape index (κ2) is 9.83. The minimum atomic E-state index is -2.04. The Kier molecular flexibility index (Phi) is 9.36. The van der Waals surface area contributed by atoms with Gasteiger partial charge in [-0.05, 0) is 6.42 Å². The number of halogens is 2. The molecule has 0 unspecified atom stereocenters. The smallest absolute Gasteiger partial charge is 0.330 e. The summed E-state index contributed by atoms with van der Waals surface area (Å²) in [5, 5.41) is 0. The number of ether oxygens (including phenoxy) is 1. The van der Waals surface area contributed by atoms with E-state index in [4.69, 9.17) is 4.74 Å². The van der Waals surface area contributed by atoms with Gasteiger partial charge in [-0.1, -0.05) is 31.9 Å². The van der Waals surface area contributed by atoms with E-state index in [1.54, 1.807) is 0 Å². The van der Waals surface area contributed by atoms with Crippen LogP contribution in [0.1, 0.15) is 25.7 Å². The molecule has 5 heteroatoms. The van der Waals surface area contributed by atoms with Gasteiger partial charge in [-0.2, -0.15) is 0 Å². The van der Waals surface area contributed by atoms with Gasteiger partial charge in [0.2, 0.25) is 6.05 Å². The van der Waals surface area contributed by atoms with Crippen molar-refractivity contribution in [3.8, 4) is 0 Å². The van der Waals surface area contributed by atoms with Gasteiger partial charge in [0.25, 0.3) is 0 Å². The Balaban J connectivity index is 3.05. The maximum Gasteiger partial charge on any atom is 0.330 e. The van der Waals surface area contributed by atoms with Crippen LogP contribution in [0.15, 0.2) is 12.7 Å². The maximum absolute atomic E-state index is 11.8. The van der Waals surface area contributed by atoms with E-state index in [1.807, 2.05) is 0 Å². The molecule has 0 heterocycles. The molecular formula is C10H18F2O2Si. The van der Waals surface area contributed by atoms with Crippen LogP contribution >= 0.6 is 0 Å². The molecule has 0 atom stereocenters. The molecule has 0 amide bonds. The second-order valence-electron chi connectivity index (χ2n) is 3.32. The van der Waals surface area contributed by atoms with Crippen LogP contribution in [0.4, 0.5) is 8.78 Å². The quantitative estimate of drug-likeness (QED) is 0.265. The highest BCUT2D eigenvalue weighted by molar-refractivity contribution is 6.36. The van der Waals surface area contributed by atoms with Crippen LogP contribution in [0.3, 0.4) is 0 Å². The van der Waals surface area contributed by atoms with Gasteiger partial charge in [0.1, 0.15) is 9.52 Å². The first-order chi connectivity index (χ1) is 7.16. The summed E-state index contributed by atoms with van der Waals surface area (Å²) in [5.41, 5.74) is 0. The fraction of sp³-hybridized carbons (Fsp3) is 0.700. The standard InChI is InChI=1S/C10H18F2O2Si/c1-2-9(13)14-7-5-3-4-6-8-15-10(11)12/h2,10H,1,3-8,15H2. The summed E-state index contributed by atoms with van der Waals surface area (Å²) in [4.78, 5) is 10.6. The Labute approximate surface area is 91.5 Å². The van der Waals surface area contributed by atoms with Crippen molar-refractivity contribution in [3.63, 3.8) is 0 Å².